The number of carbonyl (C=O) groups is 2. The molecule has 3 aromatic carbocycles. The fourth-order valence-corrected chi connectivity index (χ4v) is 3.93. The molecular formula is C30H35FN2O3. The van der Waals surface area contributed by atoms with E-state index >= 15 is 0 Å². The molecule has 1 N–H and O–H groups in total. The van der Waals surface area contributed by atoms with Crippen LogP contribution in [-0.2, 0) is 22.6 Å². The zero-order chi connectivity index (χ0) is 25.9. The summed E-state index contributed by atoms with van der Waals surface area (Å²) in [6.07, 6.45) is 2.16. The van der Waals surface area contributed by atoms with Crippen molar-refractivity contribution in [3.8, 4) is 5.75 Å². The standard InChI is InChI=1S/C30H35FN2O3/c1-4-5-17-32-30(35)27(19-24-9-7-6-8-10-24)33(20-25-13-15-26(31)16-14-25)29(34)21-36-28-18-22(2)11-12-23(28)3/h6-16,18,27H,4-5,17,19-21H2,1-3H3,(H,32,35)/t27-/m0/s1. The van der Waals surface area contributed by atoms with E-state index in [0.29, 0.717) is 18.7 Å². The third-order valence-corrected chi connectivity index (χ3v) is 6.06. The molecule has 5 nitrogen and oxygen atoms in total. The molecule has 190 valence electrons. The summed E-state index contributed by atoms with van der Waals surface area (Å²) in [6, 6.07) is 20.7. The molecule has 0 spiro atoms. The summed E-state index contributed by atoms with van der Waals surface area (Å²) in [6.45, 7) is 6.44. The molecule has 3 aromatic rings. The van der Waals surface area contributed by atoms with E-state index in [0.717, 1.165) is 35.1 Å². The van der Waals surface area contributed by atoms with E-state index in [4.69, 9.17) is 4.74 Å². The first-order valence-electron chi connectivity index (χ1n) is 12.4. The Hall–Kier alpha value is -3.67. The predicted octanol–water partition coefficient (Wildman–Crippen LogP) is 5.38. The Labute approximate surface area is 213 Å². The second-order valence-electron chi connectivity index (χ2n) is 9.06. The average molecular weight is 491 g/mol. The molecule has 0 aliphatic carbocycles. The molecule has 0 heterocycles. The minimum absolute atomic E-state index is 0.161. The van der Waals surface area contributed by atoms with Gasteiger partial charge in [0, 0.05) is 19.5 Å². The normalized spacial score (nSPS) is 11.6. The van der Waals surface area contributed by atoms with E-state index < -0.39 is 6.04 Å². The van der Waals surface area contributed by atoms with Gasteiger partial charge in [-0.25, -0.2) is 4.39 Å². The van der Waals surface area contributed by atoms with Crippen molar-refractivity contribution in [3.63, 3.8) is 0 Å². The van der Waals surface area contributed by atoms with Crippen LogP contribution >= 0.6 is 0 Å². The number of unbranched alkanes of at least 4 members (excludes halogenated alkanes) is 1. The van der Waals surface area contributed by atoms with Crippen LogP contribution in [0.3, 0.4) is 0 Å². The molecule has 0 unspecified atom stereocenters. The number of halogens is 1. The van der Waals surface area contributed by atoms with Crippen molar-refractivity contribution in [2.45, 2.75) is 52.6 Å². The van der Waals surface area contributed by atoms with Gasteiger partial charge in [-0.2, -0.15) is 0 Å². The van der Waals surface area contributed by atoms with Crippen LogP contribution in [0.4, 0.5) is 4.39 Å². The van der Waals surface area contributed by atoms with Gasteiger partial charge in [0.25, 0.3) is 5.91 Å². The van der Waals surface area contributed by atoms with Gasteiger partial charge in [0.15, 0.2) is 6.61 Å². The zero-order valence-corrected chi connectivity index (χ0v) is 21.3. The Balaban J connectivity index is 1.89. The van der Waals surface area contributed by atoms with Crippen molar-refractivity contribution in [1.82, 2.24) is 10.2 Å². The largest absolute Gasteiger partial charge is 0.483 e. The first-order valence-corrected chi connectivity index (χ1v) is 12.4. The van der Waals surface area contributed by atoms with Crippen molar-refractivity contribution in [3.05, 3.63) is 101 Å². The summed E-state index contributed by atoms with van der Waals surface area (Å²) in [4.78, 5) is 28.5. The Kier molecular flexibility index (Phi) is 10.0. The second kappa shape index (κ2) is 13.4. The number of ether oxygens (including phenoxy) is 1. The molecule has 0 aromatic heterocycles. The summed E-state index contributed by atoms with van der Waals surface area (Å²) in [5.74, 6) is -0.244. The number of amides is 2. The minimum Gasteiger partial charge on any atom is -0.483 e. The summed E-state index contributed by atoms with van der Waals surface area (Å²) in [5, 5.41) is 2.99. The number of carbonyl (C=O) groups excluding carboxylic acids is 2. The maximum atomic E-state index is 13.6. The smallest absolute Gasteiger partial charge is 0.261 e. The van der Waals surface area contributed by atoms with Crippen molar-refractivity contribution >= 4 is 11.8 Å². The molecule has 1 atom stereocenters. The summed E-state index contributed by atoms with van der Waals surface area (Å²) >= 11 is 0. The Morgan fingerprint density at radius 2 is 1.69 bits per heavy atom. The molecule has 0 saturated carbocycles. The molecule has 0 bridgehead atoms. The highest BCUT2D eigenvalue weighted by Crippen LogP contribution is 2.20. The van der Waals surface area contributed by atoms with Gasteiger partial charge in [0.05, 0.1) is 0 Å². The van der Waals surface area contributed by atoms with Crippen LogP contribution in [0.2, 0.25) is 0 Å². The van der Waals surface area contributed by atoms with E-state index in [9.17, 15) is 14.0 Å². The van der Waals surface area contributed by atoms with Gasteiger partial charge in [-0.15, -0.1) is 0 Å². The highest BCUT2D eigenvalue weighted by atomic mass is 19.1. The van der Waals surface area contributed by atoms with Gasteiger partial charge in [0.1, 0.15) is 17.6 Å². The molecule has 0 radical (unpaired) electrons. The first kappa shape index (κ1) is 26.9. The third-order valence-electron chi connectivity index (χ3n) is 6.06. The van der Waals surface area contributed by atoms with Crippen LogP contribution < -0.4 is 10.1 Å². The summed E-state index contributed by atoms with van der Waals surface area (Å²) < 4.78 is 19.5. The fourth-order valence-electron chi connectivity index (χ4n) is 3.93. The van der Waals surface area contributed by atoms with Crippen molar-refractivity contribution in [2.75, 3.05) is 13.2 Å². The monoisotopic (exact) mass is 490 g/mol. The average Bonchev–Trinajstić information content (AvgIpc) is 2.88. The van der Waals surface area contributed by atoms with Gasteiger partial charge in [-0.3, -0.25) is 9.59 Å². The van der Waals surface area contributed by atoms with E-state index in [2.05, 4.69) is 12.2 Å². The topological polar surface area (TPSA) is 58.6 Å². The number of hydrogen-bond donors (Lipinski definition) is 1. The molecule has 36 heavy (non-hydrogen) atoms. The lowest BCUT2D eigenvalue weighted by Gasteiger charge is -2.31. The number of nitrogens with zero attached hydrogens (tertiary/aromatic N) is 1. The molecule has 0 fully saturated rings. The minimum atomic E-state index is -0.746. The van der Waals surface area contributed by atoms with Gasteiger partial charge in [0.2, 0.25) is 5.91 Å². The quantitative estimate of drug-likeness (QED) is 0.347. The number of benzene rings is 3. The van der Waals surface area contributed by atoms with Crippen molar-refractivity contribution in [2.24, 2.45) is 0 Å². The van der Waals surface area contributed by atoms with E-state index in [1.54, 1.807) is 17.0 Å². The van der Waals surface area contributed by atoms with Crippen molar-refractivity contribution in [1.29, 1.82) is 0 Å². The SMILES string of the molecule is CCCCNC(=O)[C@H](Cc1ccccc1)N(Cc1ccc(F)cc1)C(=O)COc1cc(C)ccc1C. The van der Waals surface area contributed by atoms with E-state index in [1.807, 2.05) is 62.4 Å². The second-order valence-corrected chi connectivity index (χ2v) is 9.06. The van der Waals surface area contributed by atoms with Gasteiger partial charge in [-0.05, 0) is 60.7 Å². The van der Waals surface area contributed by atoms with Crippen LogP contribution in [0.1, 0.15) is 42.0 Å². The summed E-state index contributed by atoms with van der Waals surface area (Å²) in [7, 11) is 0. The van der Waals surface area contributed by atoms with Gasteiger partial charge >= 0.3 is 0 Å². The highest BCUT2D eigenvalue weighted by Gasteiger charge is 2.30. The van der Waals surface area contributed by atoms with Crippen LogP contribution in [0.25, 0.3) is 0 Å². The number of aryl methyl sites for hydroxylation is 2. The molecule has 0 aliphatic heterocycles. The van der Waals surface area contributed by atoms with E-state index in [1.165, 1.54) is 12.1 Å². The van der Waals surface area contributed by atoms with Gasteiger partial charge < -0.3 is 15.0 Å². The van der Waals surface area contributed by atoms with Crippen molar-refractivity contribution < 1.29 is 18.7 Å². The predicted molar refractivity (Wildman–Crippen MR) is 140 cm³/mol. The Bertz CT molecular complexity index is 1130. The number of hydrogen-bond acceptors (Lipinski definition) is 3. The first-order chi connectivity index (χ1) is 17.4. The molecule has 6 heteroatoms. The molecule has 0 aliphatic rings. The number of nitrogens with one attached hydrogen (secondary N) is 1. The molecule has 0 saturated heterocycles. The Morgan fingerprint density at radius 1 is 0.972 bits per heavy atom. The van der Waals surface area contributed by atoms with Gasteiger partial charge in [-0.1, -0.05) is 67.9 Å². The number of rotatable bonds is 12. The Morgan fingerprint density at radius 3 is 2.39 bits per heavy atom. The van der Waals surface area contributed by atoms with E-state index in [-0.39, 0.29) is 30.8 Å². The highest BCUT2D eigenvalue weighted by molar-refractivity contribution is 5.88. The van der Waals surface area contributed by atoms with Crippen LogP contribution in [0, 0.1) is 19.7 Å². The van der Waals surface area contributed by atoms with Crippen LogP contribution in [0.5, 0.6) is 5.75 Å². The lowest BCUT2D eigenvalue weighted by molar-refractivity contribution is -0.142. The molecular weight excluding hydrogens is 455 g/mol. The molecule has 2 amide bonds. The molecule has 3 rings (SSSR count). The van der Waals surface area contributed by atoms with Crippen LogP contribution in [-0.4, -0.2) is 35.9 Å². The fraction of sp³-hybridized carbons (Fsp3) is 0.333. The van der Waals surface area contributed by atoms with Crippen LogP contribution in [0.15, 0.2) is 72.8 Å². The maximum Gasteiger partial charge on any atom is 0.261 e. The maximum absolute atomic E-state index is 13.6. The lowest BCUT2D eigenvalue weighted by atomic mass is 10.0. The lowest BCUT2D eigenvalue weighted by Crippen LogP contribution is -2.51. The summed E-state index contributed by atoms with van der Waals surface area (Å²) in [5.41, 5.74) is 3.64. The third kappa shape index (κ3) is 7.94. The zero-order valence-electron chi connectivity index (χ0n) is 21.3.